The van der Waals surface area contributed by atoms with Gasteiger partial charge in [0.1, 0.15) is 0 Å². The molecule has 0 radical (unpaired) electrons. The van der Waals surface area contributed by atoms with Crippen LogP contribution in [-0.2, 0) is 0 Å². The topological polar surface area (TPSA) is 17.1 Å². The molecule has 1 aromatic rings. The van der Waals surface area contributed by atoms with Crippen LogP contribution in [0.15, 0.2) is 13.4 Å². The van der Waals surface area contributed by atoms with E-state index in [2.05, 4.69) is 47.8 Å². The maximum Gasteiger partial charge on any atom is 0.152 e. The first-order chi connectivity index (χ1) is 6.00. The maximum atomic E-state index is 10.8. The summed E-state index contributed by atoms with van der Waals surface area (Å²) in [6, 6.07) is 0. The van der Waals surface area contributed by atoms with Crippen molar-refractivity contribution in [2.75, 3.05) is 0 Å². The van der Waals surface area contributed by atoms with E-state index >= 15 is 0 Å². The molecule has 0 N–H and O–H groups in total. The van der Waals surface area contributed by atoms with E-state index in [9.17, 15) is 4.79 Å². The number of aldehydes is 1. The zero-order valence-electron chi connectivity index (χ0n) is 7.12. The smallest absolute Gasteiger partial charge is 0.152 e. The number of carbonyl (C=O) groups excluding carboxylic acids is 1. The number of benzene rings is 1. The second kappa shape index (κ2) is 4.24. The van der Waals surface area contributed by atoms with Gasteiger partial charge in [-0.3, -0.25) is 4.79 Å². The predicted octanol–water partition coefficient (Wildman–Crippen LogP) is 4.40. The van der Waals surface area contributed by atoms with Gasteiger partial charge < -0.3 is 0 Å². The fraction of sp³-hybridized carbons (Fsp3) is 0.222. The average Bonchev–Trinajstić information content (AvgIpc) is 2.13. The van der Waals surface area contributed by atoms with E-state index in [0.717, 1.165) is 30.8 Å². The van der Waals surface area contributed by atoms with Gasteiger partial charge in [0.05, 0.1) is 0 Å². The van der Waals surface area contributed by atoms with Crippen LogP contribution in [0.1, 0.15) is 21.5 Å². The summed E-state index contributed by atoms with van der Waals surface area (Å²) >= 11 is 10.2. The van der Waals surface area contributed by atoms with Crippen LogP contribution in [0.2, 0.25) is 0 Å². The lowest BCUT2D eigenvalue weighted by atomic mass is 10.1. The Morgan fingerprint density at radius 3 is 1.62 bits per heavy atom. The van der Waals surface area contributed by atoms with E-state index in [4.69, 9.17) is 0 Å². The Hall–Kier alpha value is 0.330. The highest BCUT2D eigenvalue weighted by Gasteiger charge is 2.14. The molecule has 70 valence electrons. The van der Waals surface area contributed by atoms with Gasteiger partial charge >= 0.3 is 0 Å². The number of hydrogen-bond acceptors (Lipinski definition) is 1. The van der Waals surface area contributed by atoms with Crippen molar-refractivity contribution in [2.45, 2.75) is 13.8 Å². The SMILES string of the molecule is Cc1c(Br)c(C)c(Br)c(C=O)c1Br. The summed E-state index contributed by atoms with van der Waals surface area (Å²) in [4.78, 5) is 10.8. The van der Waals surface area contributed by atoms with Crippen molar-refractivity contribution in [1.29, 1.82) is 0 Å². The molecule has 0 spiro atoms. The third-order valence-corrected chi connectivity index (χ3v) is 5.14. The van der Waals surface area contributed by atoms with Gasteiger partial charge in [-0.25, -0.2) is 0 Å². The second-order valence-electron chi connectivity index (χ2n) is 2.72. The summed E-state index contributed by atoms with van der Waals surface area (Å²) < 4.78 is 2.70. The van der Waals surface area contributed by atoms with Gasteiger partial charge in [-0.2, -0.15) is 0 Å². The Morgan fingerprint density at radius 2 is 1.31 bits per heavy atom. The van der Waals surface area contributed by atoms with Crippen molar-refractivity contribution in [3.8, 4) is 0 Å². The van der Waals surface area contributed by atoms with Gasteiger partial charge in [0, 0.05) is 19.0 Å². The van der Waals surface area contributed by atoms with E-state index in [-0.39, 0.29) is 0 Å². The highest BCUT2D eigenvalue weighted by molar-refractivity contribution is 9.11. The van der Waals surface area contributed by atoms with E-state index in [1.807, 2.05) is 13.8 Å². The van der Waals surface area contributed by atoms with Crippen LogP contribution in [-0.4, -0.2) is 6.29 Å². The van der Waals surface area contributed by atoms with Crippen LogP contribution < -0.4 is 0 Å². The lowest BCUT2D eigenvalue weighted by Gasteiger charge is -2.10. The Bertz CT molecular complexity index is 343. The van der Waals surface area contributed by atoms with E-state index < -0.39 is 0 Å². The quantitative estimate of drug-likeness (QED) is 0.669. The van der Waals surface area contributed by atoms with E-state index in [1.54, 1.807) is 0 Å². The molecule has 0 aliphatic heterocycles. The van der Waals surface area contributed by atoms with Crippen molar-refractivity contribution < 1.29 is 4.79 Å². The monoisotopic (exact) mass is 368 g/mol. The fourth-order valence-corrected chi connectivity index (χ4v) is 3.25. The number of rotatable bonds is 1. The minimum Gasteiger partial charge on any atom is -0.298 e. The first-order valence-corrected chi connectivity index (χ1v) is 5.97. The Balaban J connectivity index is 3.66. The van der Waals surface area contributed by atoms with Gasteiger partial charge in [0.2, 0.25) is 0 Å². The molecule has 4 heteroatoms. The lowest BCUT2D eigenvalue weighted by molar-refractivity contribution is 0.112. The van der Waals surface area contributed by atoms with Crippen molar-refractivity contribution >= 4 is 54.1 Å². The highest BCUT2D eigenvalue weighted by atomic mass is 79.9. The molecule has 0 bridgehead atoms. The first-order valence-electron chi connectivity index (χ1n) is 3.59. The molecule has 0 saturated carbocycles. The average molecular weight is 371 g/mol. The zero-order chi connectivity index (χ0) is 10.2. The fourth-order valence-electron chi connectivity index (χ4n) is 1.08. The van der Waals surface area contributed by atoms with Crippen LogP contribution in [0.25, 0.3) is 0 Å². The van der Waals surface area contributed by atoms with Crippen molar-refractivity contribution in [1.82, 2.24) is 0 Å². The molecule has 0 amide bonds. The molecule has 0 aliphatic carbocycles. The van der Waals surface area contributed by atoms with Crippen LogP contribution in [0.5, 0.6) is 0 Å². The Labute approximate surface area is 102 Å². The van der Waals surface area contributed by atoms with Crippen LogP contribution in [0, 0.1) is 13.8 Å². The number of hydrogen-bond donors (Lipinski definition) is 0. The molecular weight excluding hydrogens is 364 g/mol. The summed E-state index contributed by atoms with van der Waals surface area (Å²) in [5, 5.41) is 0. The van der Waals surface area contributed by atoms with E-state index in [0.29, 0.717) is 5.56 Å². The Morgan fingerprint density at radius 1 is 0.923 bits per heavy atom. The van der Waals surface area contributed by atoms with Gasteiger partial charge in [0.25, 0.3) is 0 Å². The molecule has 0 heterocycles. The van der Waals surface area contributed by atoms with Crippen molar-refractivity contribution in [3.63, 3.8) is 0 Å². The lowest BCUT2D eigenvalue weighted by Crippen LogP contribution is -1.94. The molecule has 0 aliphatic rings. The standard InChI is InChI=1S/C9H7Br3O/c1-4-7(10)5(2)9(12)6(3-13)8(4)11/h3H,1-2H3. The first kappa shape index (κ1) is 11.4. The number of carbonyl (C=O) groups is 1. The molecule has 0 fully saturated rings. The minimum absolute atomic E-state index is 0.665. The maximum absolute atomic E-state index is 10.8. The molecule has 13 heavy (non-hydrogen) atoms. The van der Waals surface area contributed by atoms with E-state index in [1.165, 1.54) is 0 Å². The minimum atomic E-state index is 0.665. The highest BCUT2D eigenvalue weighted by Crippen LogP contribution is 2.36. The summed E-state index contributed by atoms with van der Waals surface area (Å²) in [5.41, 5.74) is 2.75. The van der Waals surface area contributed by atoms with Gasteiger partial charge in [-0.1, -0.05) is 15.9 Å². The van der Waals surface area contributed by atoms with Gasteiger partial charge in [-0.15, -0.1) is 0 Å². The molecule has 1 rings (SSSR count). The third kappa shape index (κ3) is 1.90. The largest absolute Gasteiger partial charge is 0.298 e. The third-order valence-electron chi connectivity index (χ3n) is 1.91. The molecule has 1 nitrogen and oxygen atoms in total. The van der Waals surface area contributed by atoms with Crippen molar-refractivity contribution in [2.24, 2.45) is 0 Å². The van der Waals surface area contributed by atoms with Gasteiger partial charge in [0.15, 0.2) is 6.29 Å². The zero-order valence-corrected chi connectivity index (χ0v) is 11.9. The summed E-state index contributed by atoms with van der Waals surface area (Å²) in [6.45, 7) is 3.92. The van der Waals surface area contributed by atoms with Crippen LogP contribution in [0.3, 0.4) is 0 Å². The summed E-state index contributed by atoms with van der Waals surface area (Å²) in [5.74, 6) is 0. The summed E-state index contributed by atoms with van der Waals surface area (Å²) in [6.07, 6.45) is 0.848. The molecule has 0 unspecified atom stereocenters. The summed E-state index contributed by atoms with van der Waals surface area (Å²) in [7, 11) is 0. The predicted molar refractivity (Wildman–Crippen MR) is 64.4 cm³/mol. The number of halogens is 3. The van der Waals surface area contributed by atoms with Gasteiger partial charge in [-0.05, 0) is 56.8 Å². The van der Waals surface area contributed by atoms with Crippen molar-refractivity contribution in [3.05, 3.63) is 30.1 Å². The molecule has 1 aromatic carbocycles. The second-order valence-corrected chi connectivity index (χ2v) is 5.10. The molecule has 0 saturated heterocycles. The normalized spacial score (nSPS) is 10.2. The molecular formula is C9H7Br3O. The van der Waals surface area contributed by atoms with Crippen LogP contribution in [0.4, 0.5) is 0 Å². The Kier molecular flexibility index (Phi) is 3.72. The molecule has 0 aromatic heterocycles. The van der Waals surface area contributed by atoms with Crippen LogP contribution >= 0.6 is 47.8 Å². The molecule has 0 atom stereocenters.